The highest BCUT2D eigenvalue weighted by Crippen LogP contribution is 2.22. The average Bonchev–Trinajstić information content (AvgIpc) is 3.02. The summed E-state index contributed by atoms with van der Waals surface area (Å²) in [5.74, 6) is -1.17. The van der Waals surface area contributed by atoms with Gasteiger partial charge in [-0.1, -0.05) is 6.07 Å². The van der Waals surface area contributed by atoms with Crippen LogP contribution in [0.25, 0.3) is 0 Å². The highest BCUT2D eigenvalue weighted by Gasteiger charge is 2.20. The third kappa shape index (κ3) is 3.13. The van der Waals surface area contributed by atoms with Crippen molar-refractivity contribution in [1.82, 2.24) is 5.32 Å². The van der Waals surface area contributed by atoms with E-state index in [9.17, 15) is 13.2 Å². The van der Waals surface area contributed by atoms with Gasteiger partial charge in [-0.25, -0.2) is 4.39 Å². The van der Waals surface area contributed by atoms with Gasteiger partial charge in [-0.15, -0.1) is 0 Å². The van der Waals surface area contributed by atoms with Crippen LogP contribution in [0.15, 0.2) is 18.2 Å². The minimum Gasteiger partial charge on any atom is -0.432 e. The van der Waals surface area contributed by atoms with E-state index in [1.165, 1.54) is 12.1 Å². The second-order valence-corrected chi connectivity index (χ2v) is 3.80. The molecule has 1 aliphatic rings. The Balaban J connectivity index is 1.97. The fourth-order valence-corrected chi connectivity index (χ4v) is 1.40. The Hall–Kier alpha value is -1.23. The van der Waals surface area contributed by atoms with Crippen molar-refractivity contribution in [1.29, 1.82) is 0 Å². The van der Waals surface area contributed by atoms with Crippen molar-refractivity contribution >= 4 is 0 Å². The molecular formula is C11H12F3NO. The molecule has 0 aromatic heterocycles. The summed E-state index contributed by atoms with van der Waals surface area (Å²) < 4.78 is 41.0. The number of benzene rings is 1. The molecule has 16 heavy (non-hydrogen) atoms. The molecular weight excluding hydrogens is 219 g/mol. The van der Waals surface area contributed by atoms with E-state index in [4.69, 9.17) is 0 Å². The lowest BCUT2D eigenvalue weighted by Crippen LogP contribution is -2.15. The maximum Gasteiger partial charge on any atom is 0.387 e. The van der Waals surface area contributed by atoms with Gasteiger partial charge < -0.3 is 10.1 Å². The number of hydrogen-bond acceptors (Lipinski definition) is 2. The summed E-state index contributed by atoms with van der Waals surface area (Å²) in [4.78, 5) is 0. The summed E-state index contributed by atoms with van der Waals surface area (Å²) in [6, 6.07) is 4.55. The summed E-state index contributed by atoms with van der Waals surface area (Å²) in [7, 11) is 0. The summed E-state index contributed by atoms with van der Waals surface area (Å²) in [5, 5.41) is 3.20. The van der Waals surface area contributed by atoms with Gasteiger partial charge in [-0.05, 0) is 30.5 Å². The molecule has 2 rings (SSSR count). The van der Waals surface area contributed by atoms with Crippen LogP contribution in [0.3, 0.4) is 0 Å². The molecule has 0 bridgehead atoms. The molecule has 1 N–H and O–H groups in total. The Labute approximate surface area is 91.4 Å². The Morgan fingerprint density at radius 2 is 2.12 bits per heavy atom. The molecule has 1 aliphatic carbocycles. The predicted molar refractivity (Wildman–Crippen MR) is 52.9 cm³/mol. The highest BCUT2D eigenvalue weighted by atomic mass is 19.3. The summed E-state index contributed by atoms with van der Waals surface area (Å²) in [6.07, 6.45) is 2.30. The van der Waals surface area contributed by atoms with Crippen LogP contribution in [-0.4, -0.2) is 12.7 Å². The summed E-state index contributed by atoms with van der Waals surface area (Å²) in [5.41, 5.74) is 0.728. The van der Waals surface area contributed by atoms with Gasteiger partial charge in [0.1, 0.15) is 0 Å². The molecule has 1 saturated carbocycles. The number of nitrogens with one attached hydrogen (secondary N) is 1. The standard InChI is InChI=1S/C11H12F3NO/c12-9-5-7(6-15-8-2-3-8)1-4-10(9)16-11(13)14/h1,4-5,8,11,15H,2-3,6H2. The van der Waals surface area contributed by atoms with E-state index in [0.717, 1.165) is 18.4 Å². The van der Waals surface area contributed by atoms with Gasteiger partial charge in [-0.2, -0.15) is 8.78 Å². The lowest BCUT2D eigenvalue weighted by molar-refractivity contribution is -0.0522. The zero-order chi connectivity index (χ0) is 11.5. The van der Waals surface area contributed by atoms with Gasteiger partial charge in [0, 0.05) is 12.6 Å². The van der Waals surface area contributed by atoms with Crippen LogP contribution in [0, 0.1) is 5.82 Å². The molecule has 0 unspecified atom stereocenters. The molecule has 1 fully saturated rings. The lowest BCUT2D eigenvalue weighted by atomic mass is 10.2. The first-order valence-corrected chi connectivity index (χ1v) is 5.12. The van der Waals surface area contributed by atoms with Crippen LogP contribution in [0.5, 0.6) is 5.75 Å². The SMILES string of the molecule is Fc1cc(CNC2CC2)ccc1OC(F)F. The van der Waals surface area contributed by atoms with E-state index < -0.39 is 18.2 Å². The molecule has 5 heteroatoms. The molecule has 0 atom stereocenters. The zero-order valence-electron chi connectivity index (χ0n) is 8.55. The normalized spacial score (nSPS) is 15.5. The van der Waals surface area contributed by atoms with Crippen LogP contribution in [0.2, 0.25) is 0 Å². The van der Waals surface area contributed by atoms with E-state index in [2.05, 4.69) is 10.1 Å². The molecule has 88 valence electrons. The second kappa shape index (κ2) is 4.74. The van der Waals surface area contributed by atoms with E-state index in [1.807, 2.05) is 0 Å². The Morgan fingerprint density at radius 1 is 1.38 bits per heavy atom. The molecule has 0 saturated heterocycles. The maximum atomic E-state index is 13.3. The summed E-state index contributed by atoms with van der Waals surface area (Å²) in [6.45, 7) is -2.44. The van der Waals surface area contributed by atoms with Crippen molar-refractivity contribution in [2.45, 2.75) is 32.0 Å². The van der Waals surface area contributed by atoms with Crippen molar-refractivity contribution < 1.29 is 17.9 Å². The van der Waals surface area contributed by atoms with E-state index in [-0.39, 0.29) is 0 Å². The van der Waals surface area contributed by atoms with Crippen LogP contribution >= 0.6 is 0 Å². The van der Waals surface area contributed by atoms with Crippen molar-refractivity contribution in [3.8, 4) is 5.75 Å². The number of hydrogen-bond donors (Lipinski definition) is 1. The van der Waals surface area contributed by atoms with Crippen LogP contribution < -0.4 is 10.1 Å². The second-order valence-electron chi connectivity index (χ2n) is 3.80. The van der Waals surface area contributed by atoms with Gasteiger partial charge in [-0.3, -0.25) is 0 Å². The van der Waals surface area contributed by atoms with Gasteiger partial charge >= 0.3 is 6.61 Å². The van der Waals surface area contributed by atoms with E-state index >= 15 is 0 Å². The fourth-order valence-electron chi connectivity index (χ4n) is 1.40. The molecule has 0 aliphatic heterocycles. The number of alkyl halides is 2. The third-order valence-electron chi connectivity index (χ3n) is 2.38. The Morgan fingerprint density at radius 3 is 2.69 bits per heavy atom. The monoisotopic (exact) mass is 231 g/mol. The highest BCUT2D eigenvalue weighted by molar-refractivity contribution is 5.29. The van der Waals surface area contributed by atoms with Crippen LogP contribution in [-0.2, 0) is 6.54 Å². The lowest BCUT2D eigenvalue weighted by Gasteiger charge is -2.08. The van der Waals surface area contributed by atoms with E-state index in [1.54, 1.807) is 6.07 Å². The first-order valence-electron chi connectivity index (χ1n) is 5.12. The van der Waals surface area contributed by atoms with Crippen molar-refractivity contribution in [3.05, 3.63) is 29.6 Å². The predicted octanol–water partition coefficient (Wildman–Crippen LogP) is 2.68. The number of rotatable bonds is 5. The first kappa shape index (κ1) is 11.3. The molecule has 0 amide bonds. The molecule has 0 spiro atoms. The largest absolute Gasteiger partial charge is 0.432 e. The first-order chi connectivity index (χ1) is 7.65. The molecule has 1 aromatic carbocycles. The quantitative estimate of drug-likeness (QED) is 0.841. The number of ether oxygens (including phenoxy) is 1. The number of halogens is 3. The Bertz CT molecular complexity index is 366. The van der Waals surface area contributed by atoms with Crippen LogP contribution in [0.4, 0.5) is 13.2 Å². The van der Waals surface area contributed by atoms with Crippen molar-refractivity contribution in [2.75, 3.05) is 0 Å². The molecule has 1 aromatic rings. The topological polar surface area (TPSA) is 21.3 Å². The smallest absolute Gasteiger partial charge is 0.387 e. The molecule has 0 radical (unpaired) electrons. The van der Waals surface area contributed by atoms with Crippen LogP contribution in [0.1, 0.15) is 18.4 Å². The van der Waals surface area contributed by atoms with Gasteiger partial charge in [0.05, 0.1) is 0 Å². The molecule has 2 nitrogen and oxygen atoms in total. The average molecular weight is 231 g/mol. The van der Waals surface area contributed by atoms with Crippen molar-refractivity contribution in [3.63, 3.8) is 0 Å². The minimum atomic E-state index is -3.00. The van der Waals surface area contributed by atoms with Gasteiger partial charge in [0.2, 0.25) is 0 Å². The molecule has 0 heterocycles. The maximum absolute atomic E-state index is 13.3. The minimum absolute atomic E-state index is 0.412. The van der Waals surface area contributed by atoms with Gasteiger partial charge in [0.25, 0.3) is 0 Å². The third-order valence-corrected chi connectivity index (χ3v) is 2.38. The summed E-state index contributed by atoms with van der Waals surface area (Å²) >= 11 is 0. The zero-order valence-corrected chi connectivity index (χ0v) is 8.55. The van der Waals surface area contributed by atoms with E-state index in [0.29, 0.717) is 12.6 Å². The fraction of sp³-hybridized carbons (Fsp3) is 0.455. The van der Waals surface area contributed by atoms with Crippen molar-refractivity contribution in [2.24, 2.45) is 0 Å². The Kier molecular flexibility index (Phi) is 3.33. The van der Waals surface area contributed by atoms with Gasteiger partial charge in [0.15, 0.2) is 11.6 Å².